The van der Waals surface area contributed by atoms with Crippen LogP contribution in [0.1, 0.15) is 56.8 Å². The predicted molar refractivity (Wildman–Crippen MR) is 162 cm³/mol. The van der Waals surface area contributed by atoms with E-state index < -0.39 is 41.0 Å². The highest BCUT2D eigenvalue weighted by Gasteiger charge is 2.39. The van der Waals surface area contributed by atoms with E-state index in [0.717, 1.165) is 22.0 Å². The number of carbonyl (C=O) groups excluding carboxylic acids is 2. The molecule has 244 valence electrons. The number of alkyl halides is 6. The van der Waals surface area contributed by atoms with Crippen LogP contribution < -0.4 is 0 Å². The van der Waals surface area contributed by atoms with Crippen LogP contribution in [0.2, 0.25) is 0 Å². The molecule has 0 saturated carbocycles. The standard InChI is InChI=1S/C34H34F6N4O2/c1-3-43(4-2)31(45)23-11-9-22(10-12-23)20-42-13-14-44(28(21-42)17-25-19-41-30-8-6-5-7-29(25)30)32(46)24-15-26(33(35,36)37)18-27(16-24)34(38,39)40/h5-12,15-16,18-19,28,41H,3-4,13-14,17,20-21H2,1-2H3/t28-/m1/s1. The van der Waals surface area contributed by atoms with Crippen molar-refractivity contribution < 1.29 is 35.9 Å². The summed E-state index contributed by atoms with van der Waals surface area (Å²) in [4.78, 5) is 34.9. The first-order chi connectivity index (χ1) is 21.8. The molecule has 1 saturated heterocycles. The van der Waals surface area contributed by atoms with Gasteiger partial charge in [-0.25, -0.2) is 0 Å². The summed E-state index contributed by atoms with van der Waals surface area (Å²) < 4.78 is 81.6. The summed E-state index contributed by atoms with van der Waals surface area (Å²) in [7, 11) is 0. The summed E-state index contributed by atoms with van der Waals surface area (Å²) in [6, 6.07) is 15.3. The lowest BCUT2D eigenvalue weighted by Gasteiger charge is -2.42. The average Bonchev–Trinajstić information content (AvgIpc) is 3.43. The Morgan fingerprint density at radius 3 is 2.09 bits per heavy atom. The molecule has 6 nitrogen and oxygen atoms in total. The van der Waals surface area contributed by atoms with Crippen molar-refractivity contribution in [2.45, 2.75) is 45.2 Å². The lowest BCUT2D eigenvalue weighted by Crippen LogP contribution is -2.55. The molecular formula is C34H34F6N4O2. The van der Waals surface area contributed by atoms with Crippen LogP contribution in [0.3, 0.4) is 0 Å². The Kier molecular flexibility index (Phi) is 9.48. The van der Waals surface area contributed by atoms with Crippen molar-refractivity contribution in [3.8, 4) is 0 Å². The maximum absolute atomic E-state index is 13.8. The number of para-hydroxylation sites is 1. The van der Waals surface area contributed by atoms with E-state index in [1.807, 2.05) is 56.4 Å². The van der Waals surface area contributed by atoms with Crippen LogP contribution in [0.4, 0.5) is 26.3 Å². The zero-order valence-corrected chi connectivity index (χ0v) is 25.4. The summed E-state index contributed by atoms with van der Waals surface area (Å²) >= 11 is 0. The molecule has 12 heteroatoms. The zero-order valence-electron chi connectivity index (χ0n) is 25.4. The number of amides is 2. The first-order valence-electron chi connectivity index (χ1n) is 15.0. The first-order valence-corrected chi connectivity index (χ1v) is 15.0. The van der Waals surface area contributed by atoms with E-state index in [2.05, 4.69) is 9.88 Å². The third kappa shape index (κ3) is 7.22. The Labute approximate surface area is 262 Å². The highest BCUT2D eigenvalue weighted by atomic mass is 19.4. The molecule has 2 heterocycles. The van der Waals surface area contributed by atoms with E-state index in [9.17, 15) is 35.9 Å². The molecular weight excluding hydrogens is 610 g/mol. The van der Waals surface area contributed by atoms with Crippen molar-refractivity contribution in [2.75, 3.05) is 32.7 Å². The first kappa shape index (κ1) is 33.1. The van der Waals surface area contributed by atoms with Gasteiger partial charge in [0.2, 0.25) is 0 Å². The number of nitrogens with zero attached hydrogens (tertiary/aromatic N) is 3. The van der Waals surface area contributed by atoms with Gasteiger partial charge in [0.15, 0.2) is 0 Å². The molecule has 46 heavy (non-hydrogen) atoms. The van der Waals surface area contributed by atoms with E-state index >= 15 is 0 Å². The molecule has 0 spiro atoms. The van der Waals surface area contributed by atoms with E-state index in [0.29, 0.717) is 56.8 Å². The number of nitrogens with one attached hydrogen (secondary N) is 1. The second kappa shape index (κ2) is 13.2. The Morgan fingerprint density at radius 1 is 0.848 bits per heavy atom. The van der Waals surface area contributed by atoms with Gasteiger partial charge in [-0.05, 0) is 67.8 Å². The number of aromatic amines is 1. The largest absolute Gasteiger partial charge is 0.416 e. The second-order valence-corrected chi connectivity index (χ2v) is 11.4. The minimum absolute atomic E-state index is 0.0268. The Hall–Kier alpha value is -4.32. The van der Waals surface area contributed by atoms with Gasteiger partial charge in [0.1, 0.15) is 0 Å². The Bertz CT molecular complexity index is 1660. The van der Waals surface area contributed by atoms with Gasteiger partial charge in [-0.3, -0.25) is 14.5 Å². The zero-order chi connectivity index (χ0) is 33.2. The molecule has 1 aliphatic heterocycles. The minimum Gasteiger partial charge on any atom is -0.361 e. The van der Waals surface area contributed by atoms with Gasteiger partial charge in [0.25, 0.3) is 11.8 Å². The summed E-state index contributed by atoms with van der Waals surface area (Å²) in [6.45, 7) is 6.27. The number of carbonyl (C=O) groups is 2. The lowest BCUT2D eigenvalue weighted by molar-refractivity contribution is -0.143. The number of hydrogen-bond acceptors (Lipinski definition) is 3. The number of aromatic nitrogens is 1. The molecule has 0 bridgehead atoms. The smallest absolute Gasteiger partial charge is 0.361 e. The van der Waals surface area contributed by atoms with Gasteiger partial charge in [0.05, 0.1) is 11.1 Å². The fourth-order valence-electron chi connectivity index (χ4n) is 6.01. The molecule has 4 aromatic rings. The van der Waals surface area contributed by atoms with Gasteiger partial charge < -0.3 is 14.8 Å². The van der Waals surface area contributed by atoms with E-state index in [1.165, 1.54) is 4.90 Å². The average molecular weight is 645 g/mol. The molecule has 1 aromatic heterocycles. The molecule has 1 fully saturated rings. The predicted octanol–water partition coefficient (Wildman–Crippen LogP) is 7.26. The van der Waals surface area contributed by atoms with E-state index in [4.69, 9.17) is 0 Å². The van der Waals surface area contributed by atoms with Gasteiger partial charge in [-0.2, -0.15) is 26.3 Å². The normalized spacial score (nSPS) is 16.2. The fraction of sp³-hybridized carbons (Fsp3) is 0.353. The number of fused-ring (bicyclic) bond motifs is 1. The van der Waals surface area contributed by atoms with Gasteiger partial charge in [-0.1, -0.05) is 30.3 Å². The Balaban J connectivity index is 1.42. The maximum Gasteiger partial charge on any atom is 0.416 e. The number of benzene rings is 3. The number of hydrogen-bond donors (Lipinski definition) is 1. The van der Waals surface area contributed by atoms with Crippen LogP contribution >= 0.6 is 0 Å². The summed E-state index contributed by atoms with van der Waals surface area (Å²) in [5.41, 5.74) is -0.475. The monoisotopic (exact) mass is 644 g/mol. The maximum atomic E-state index is 13.8. The van der Waals surface area contributed by atoms with Crippen LogP contribution in [-0.2, 0) is 25.3 Å². The second-order valence-electron chi connectivity index (χ2n) is 11.4. The molecule has 1 N–H and O–H groups in total. The third-order valence-electron chi connectivity index (χ3n) is 8.45. The van der Waals surface area contributed by atoms with E-state index in [-0.39, 0.29) is 18.5 Å². The van der Waals surface area contributed by atoms with Gasteiger partial charge >= 0.3 is 12.4 Å². The lowest BCUT2D eigenvalue weighted by atomic mass is 9.98. The van der Waals surface area contributed by atoms with Crippen LogP contribution in [0.15, 0.2) is 72.9 Å². The molecule has 0 radical (unpaired) electrons. The van der Waals surface area contributed by atoms with Crippen molar-refractivity contribution in [3.63, 3.8) is 0 Å². The third-order valence-corrected chi connectivity index (χ3v) is 8.45. The minimum atomic E-state index is -5.07. The quantitative estimate of drug-likeness (QED) is 0.206. The van der Waals surface area contributed by atoms with Gasteiger partial charge in [0, 0.05) is 73.5 Å². The molecule has 1 atom stereocenters. The van der Waals surface area contributed by atoms with Crippen LogP contribution in [0.5, 0.6) is 0 Å². The van der Waals surface area contributed by atoms with Crippen molar-refractivity contribution in [1.29, 1.82) is 0 Å². The van der Waals surface area contributed by atoms with Crippen molar-refractivity contribution in [3.05, 3.63) is 106 Å². The van der Waals surface area contributed by atoms with E-state index in [1.54, 1.807) is 17.0 Å². The number of rotatable bonds is 8. The Morgan fingerprint density at radius 2 is 1.48 bits per heavy atom. The molecule has 3 aromatic carbocycles. The fourth-order valence-corrected chi connectivity index (χ4v) is 6.01. The summed E-state index contributed by atoms with van der Waals surface area (Å²) in [6.07, 6.45) is -7.99. The highest BCUT2D eigenvalue weighted by molar-refractivity contribution is 5.95. The molecule has 0 aliphatic carbocycles. The summed E-state index contributed by atoms with van der Waals surface area (Å²) in [5.74, 6) is -0.953. The number of piperazine rings is 1. The topological polar surface area (TPSA) is 59.7 Å². The van der Waals surface area contributed by atoms with Crippen LogP contribution in [0.25, 0.3) is 10.9 Å². The van der Waals surface area contributed by atoms with Crippen molar-refractivity contribution in [2.24, 2.45) is 0 Å². The molecule has 1 aliphatic rings. The summed E-state index contributed by atoms with van der Waals surface area (Å²) in [5, 5.41) is 0.916. The highest BCUT2D eigenvalue weighted by Crippen LogP contribution is 2.37. The number of H-pyrrole nitrogens is 1. The van der Waals surface area contributed by atoms with Crippen LogP contribution in [0, 0.1) is 0 Å². The van der Waals surface area contributed by atoms with Crippen LogP contribution in [-0.4, -0.2) is 70.3 Å². The SMILES string of the molecule is CCN(CC)C(=O)c1ccc(CN2CCN(C(=O)c3cc(C(F)(F)F)cc(C(F)(F)F)c3)[C@H](Cc3c[nH]c4ccccc34)C2)cc1. The number of halogens is 6. The molecule has 2 amide bonds. The molecule has 5 rings (SSSR count). The van der Waals surface area contributed by atoms with Crippen molar-refractivity contribution >= 4 is 22.7 Å². The van der Waals surface area contributed by atoms with Gasteiger partial charge in [-0.15, -0.1) is 0 Å². The van der Waals surface area contributed by atoms with Crippen molar-refractivity contribution in [1.82, 2.24) is 19.7 Å². The molecule has 0 unspecified atom stereocenters.